The van der Waals surface area contributed by atoms with Gasteiger partial charge >= 0.3 is 6.09 Å². The third-order valence-electron chi connectivity index (χ3n) is 2.31. The van der Waals surface area contributed by atoms with Crippen molar-refractivity contribution in [3.05, 3.63) is 30.1 Å². The number of hydrogen-bond donors (Lipinski definition) is 1. The monoisotopic (exact) mass is 207 g/mol. The molecule has 1 fully saturated rings. The van der Waals surface area contributed by atoms with Crippen LogP contribution in [-0.4, -0.2) is 35.2 Å². The van der Waals surface area contributed by atoms with Crippen molar-refractivity contribution in [1.82, 2.24) is 9.88 Å². The molecule has 1 saturated heterocycles. The SMILES string of the molecule is NCC1CN(Cc2cccnc2)C(=O)O1. The Labute approximate surface area is 87.8 Å². The number of rotatable bonds is 3. The predicted molar refractivity (Wildman–Crippen MR) is 54.0 cm³/mol. The van der Waals surface area contributed by atoms with Gasteiger partial charge in [-0.1, -0.05) is 6.07 Å². The highest BCUT2D eigenvalue weighted by atomic mass is 16.6. The van der Waals surface area contributed by atoms with E-state index in [1.165, 1.54) is 0 Å². The molecule has 5 nitrogen and oxygen atoms in total. The first-order chi connectivity index (χ1) is 7.29. The molecular weight excluding hydrogens is 194 g/mol. The molecule has 1 aliphatic heterocycles. The van der Waals surface area contributed by atoms with Crippen molar-refractivity contribution in [2.24, 2.45) is 5.73 Å². The minimum Gasteiger partial charge on any atom is -0.443 e. The summed E-state index contributed by atoms with van der Waals surface area (Å²) in [6, 6.07) is 3.77. The van der Waals surface area contributed by atoms with Gasteiger partial charge in [-0.15, -0.1) is 0 Å². The fourth-order valence-corrected chi connectivity index (χ4v) is 1.54. The molecule has 1 aromatic rings. The predicted octanol–water partition coefficient (Wildman–Crippen LogP) is 0.361. The zero-order valence-corrected chi connectivity index (χ0v) is 8.30. The molecule has 1 aromatic heterocycles. The van der Waals surface area contributed by atoms with E-state index in [0.717, 1.165) is 5.56 Å². The molecule has 0 aliphatic carbocycles. The molecule has 0 aromatic carbocycles. The molecule has 1 aliphatic rings. The second-order valence-electron chi connectivity index (χ2n) is 3.48. The summed E-state index contributed by atoms with van der Waals surface area (Å²) in [7, 11) is 0. The summed E-state index contributed by atoms with van der Waals surface area (Å²) in [6.07, 6.45) is 2.97. The zero-order chi connectivity index (χ0) is 10.7. The molecule has 1 atom stereocenters. The number of nitrogens with zero attached hydrogens (tertiary/aromatic N) is 2. The Hall–Kier alpha value is -1.62. The van der Waals surface area contributed by atoms with Gasteiger partial charge in [0, 0.05) is 18.9 Å². The Morgan fingerprint density at radius 2 is 2.53 bits per heavy atom. The number of cyclic esters (lactones) is 1. The number of aromatic nitrogens is 1. The normalized spacial score (nSPS) is 20.5. The Bertz CT molecular complexity index is 342. The average molecular weight is 207 g/mol. The van der Waals surface area contributed by atoms with Crippen LogP contribution in [0.2, 0.25) is 0 Å². The van der Waals surface area contributed by atoms with Crippen molar-refractivity contribution in [3.63, 3.8) is 0 Å². The maximum absolute atomic E-state index is 11.4. The van der Waals surface area contributed by atoms with Crippen molar-refractivity contribution >= 4 is 6.09 Å². The summed E-state index contributed by atoms with van der Waals surface area (Å²) in [4.78, 5) is 17.0. The van der Waals surface area contributed by atoms with Gasteiger partial charge in [0.05, 0.1) is 13.1 Å². The standard InChI is InChI=1S/C10H13N3O2/c11-4-9-7-13(10(14)15-9)6-8-2-1-3-12-5-8/h1-3,5,9H,4,6-7,11H2. The molecule has 15 heavy (non-hydrogen) atoms. The first-order valence-corrected chi connectivity index (χ1v) is 4.84. The molecule has 2 N–H and O–H groups in total. The summed E-state index contributed by atoms with van der Waals surface area (Å²) in [5.74, 6) is 0. The van der Waals surface area contributed by atoms with Crippen LogP contribution in [-0.2, 0) is 11.3 Å². The van der Waals surface area contributed by atoms with Gasteiger partial charge in [0.2, 0.25) is 0 Å². The lowest BCUT2D eigenvalue weighted by atomic mass is 10.2. The first kappa shape index (κ1) is 9.92. The van der Waals surface area contributed by atoms with Crippen molar-refractivity contribution in [2.45, 2.75) is 12.6 Å². The molecule has 0 radical (unpaired) electrons. The van der Waals surface area contributed by atoms with E-state index in [2.05, 4.69) is 4.98 Å². The lowest BCUT2D eigenvalue weighted by Crippen LogP contribution is -2.27. The minimum atomic E-state index is -0.297. The molecule has 1 unspecified atom stereocenters. The third kappa shape index (κ3) is 2.24. The van der Waals surface area contributed by atoms with Crippen LogP contribution >= 0.6 is 0 Å². The fraction of sp³-hybridized carbons (Fsp3) is 0.400. The molecule has 0 saturated carbocycles. The molecular formula is C10H13N3O2. The van der Waals surface area contributed by atoms with Gasteiger partial charge in [0.15, 0.2) is 0 Å². The van der Waals surface area contributed by atoms with E-state index in [-0.39, 0.29) is 12.2 Å². The summed E-state index contributed by atoms with van der Waals surface area (Å²) in [5, 5.41) is 0. The topological polar surface area (TPSA) is 68.5 Å². The lowest BCUT2D eigenvalue weighted by molar-refractivity contribution is 0.134. The van der Waals surface area contributed by atoms with E-state index < -0.39 is 0 Å². The number of nitrogens with two attached hydrogens (primary N) is 1. The second kappa shape index (κ2) is 4.27. The van der Waals surface area contributed by atoms with Gasteiger partial charge in [0.1, 0.15) is 6.10 Å². The minimum absolute atomic E-state index is 0.172. The largest absolute Gasteiger partial charge is 0.443 e. The highest BCUT2D eigenvalue weighted by molar-refractivity contribution is 5.69. The summed E-state index contributed by atoms with van der Waals surface area (Å²) in [5.41, 5.74) is 6.43. The van der Waals surface area contributed by atoms with Gasteiger partial charge in [0.25, 0.3) is 0 Å². The van der Waals surface area contributed by atoms with Gasteiger partial charge < -0.3 is 15.4 Å². The quantitative estimate of drug-likeness (QED) is 0.777. The zero-order valence-electron chi connectivity index (χ0n) is 8.30. The van der Waals surface area contributed by atoms with Gasteiger partial charge in [-0.2, -0.15) is 0 Å². The van der Waals surface area contributed by atoms with Crippen LogP contribution in [0.25, 0.3) is 0 Å². The van der Waals surface area contributed by atoms with Gasteiger partial charge in [-0.25, -0.2) is 4.79 Å². The maximum Gasteiger partial charge on any atom is 0.410 e. The van der Waals surface area contributed by atoms with Crippen LogP contribution < -0.4 is 5.73 Å². The van der Waals surface area contributed by atoms with E-state index >= 15 is 0 Å². The Balaban J connectivity index is 1.99. The van der Waals surface area contributed by atoms with E-state index in [1.807, 2.05) is 12.1 Å². The molecule has 1 amide bonds. The maximum atomic E-state index is 11.4. The average Bonchev–Trinajstić information content (AvgIpc) is 2.61. The molecule has 0 spiro atoms. The highest BCUT2D eigenvalue weighted by Gasteiger charge is 2.29. The van der Waals surface area contributed by atoms with E-state index in [4.69, 9.17) is 10.5 Å². The van der Waals surface area contributed by atoms with Crippen molar-refractivity contribution < 1.29 is 9.53 Å². The Kier molecular flexibility index (Phi) is 2.82. The number of hydrogen-bond acceptors (Lipinski definition) is 4. The van der Waals surface area contributed by atoms with Crippen molar-refractivity contribution in [1.29, 1.82) is 0 Å². The summed E-state index contributed by atoms with van der Waals surface area (Å²) in [6.45, 7) is 1.46. The van der Waals surface area contributed by atoms with Gasteiger partial charge in [-0.3, -0.25) is 4.98 Å². The molecule has 5 heteroatoms. The number of amides is 1. The second-order valence-corrected chi connectivity index (χ2v) is 3.48. The summed E-state index contributed by atoms with van der Waals surface area (Å²) >= 11 is 0. The number of carbonyl (C=O) groups is 1. The molecule has 2 heterocycles. The van der Waals surface area contributed by atoms with Crippen LogP contribution in [0.15, 0.2) is 24.5 Å². The number of carbonyl (C=O) groups excluding carboxylic acids is 1. The van der Waals surface area contributed by atoms with Crippen LogP contribution in [0.3, 0.4) is 0 Å². The van der Waals surface area contributed by atoms with Crippen molar-refractivity contribution in [2.75, 3.05) is 13.1 Å². The van der Waals surface area contributed by atoms with E-state index in [1.54, 1.807) is 17.3 Å². The van der Waals surface area contributed by atoms with E-state index in [0.29, 0.717) is 19.6 Å². The van der Waals surface area contributed by atoms with Gasteiger partial charge in [-0.05, 0) is 11.6 Å². The fourth-order valence-electron chi connectivity index (χ4n) is 1.54. The van der Waals surface area contributed by atoms with Crippen LogP contribution in [0, 0.1) is 0 Å². The third-order valence-corrected chi connectivity index (χ3v) is 2.31. The molecule has 2 rings (SSSR count). The van der Waals surface area contributed by atoms with Crippen LogP contribution in [0.5, 0.6) is 0 Å². The van der Waals surface area contributed by atoms with E-state index in [9.17, 15) is 4.79 Å². The number of pyridine rings is 1. The summed E-state index contributed by atoms with van der Waals surface area (Å²) < 4.78 is 5.04. The molecule has 0 bridgehead atoms. The smallest absolute Gasteiger partial charge is 0.410 e. The van der Waals surface area contributed by atoms with Crippen molar-refractivity contribution in [3.8, 4) is 0 Å². The molecule has 80 valence electrons. The highest BCUT2D eigenvalue weighted by Crippen LogP contribution is 2.13. The van der Waals surface area contributed by atoms with Crippen LogP contribution in [0.1, 0.15) is 5.56 Å². The number of ether oxygens (including phenoxy) is 1. The lowest BCUT2D eigenvalue weighted by Gasteiger charge is -2.11. The first-order valence-electron chi connectivity index (χ1n) is 4.84. The van der Waals surface area contributed by atoms with Crippen LogP contribution in [0.4, 0.5) is 4.79 Å². The Morgan fingerprint density at radius 3 is 3.13 bits per heavy atom. The Morgan fingerprint density at radius 1 is 1.67 bits per heavy atom.